The quantitative estimate of drug-likeness (QED) is 0.863. The highest BCUT2D eigenvalue weighted by atomic mass is 16.3. The van der Waals surface area contributed by atoms with Gasteiger partial charge in [-0.05, 0) is 45.7 Å². The zero-order valence-electron chi connectivity index (χ0n) is 12.9. The SMILES string of the molecule is CC(=O)c1c(O)cc(C)n(-c2c(C)cc(C)cc2C)c1=O. The number of aryl methyl sites for hydroxylation is 4. The lowest BCUT2D eigenvalue weighted by molar-refractivity contribution is 0.101. The third-order valence-corrected chi connectivity index (χ3v) is 3.58. The van der Waals surface area contributed by atoms with Crippen LogP contribution in [0.5, 0.6) is 5.75 Å². The Hall–Kier alpha value is -2.36. The van der Waals surface area contributed by atoms with Gasteiger partial charge in [-0.2, -0.15) is 0 Å². The second-order valence-corrected chi connectivity index (χ2v) is 5.49. The van der Waals surface area contributed by atoms with Gasteiger partial charge in [-0.15, -0.1) is 0 Å². The lowest BCUT2D eigenvalue weighted by atomic mass is 10.0. The van der Waals surface area contributed by atoms with E-state index in [0.29, 0.717) is 5.69 Å². The molecule has 0 saturated carbocycles. The van der Waals surface area contributed by atoms with Crippen LogP contribution in [0.4, 0.5) is 0 Å². The number of nitrogens with zero attached hydrogens (tertiary/aromatic N) is 1. The molecule has 0 radical (unpaired) electrons. The van der Waals surface area contributed by atoms with Gasteiger partial charge in [-0.3, -0.25) is 14.2 Å². The lowest BCUT2D eigenvalue weighted by Gasteiger charge is -2.18. The van der Waals surface area contributed by atoms with Crippen LogP contribution in [-0.2, 0) is 0 Å². The first-order valence-corrected chi connectivity index (χ1v) is 6.78. The third-order valence-electron chi connectivity index (χ3n) is 3.58. The molecule has 1 aromatic heterocycles. The number of rotatable bonds is 2. The first-order valence-electron chi connectivity index (χ1n) is 6.78. The Kier molecular flexibility index (Phi) is 3.73. The molecule has 4 heteroatoms. The number of carbonyl (C=O) groups is 1. The molecule has 4 nitrogen and oxygen atoms in total. The van der Waals surface area contributed by atoms with Crippen LogP contribution in [0.3, 0.4) is 0 Å². The normalized spacial score (nSPS) is 10.7. The molecule has 0 spiro atoms. The van der Waals surface area contributed by atoms with Gasteiger partial charge < -0.3 is 5.11 Å². The Bertz CT molecular complexity index is 777. The summed E-state index contributed by atoms with van der Waals surface area (Å²) in [4.78, 5) is 24.3. The van der Waals surface area contributed by atoms with Crippen molar-refractivity contribution in [1.82, 2.24) is 4.57 Å². The predicted octanol–water partition coefficient (Wildman–Crippen LogP) is 2.98. The van der Waals surface area contributed by atoms with Crippen LogP contribution in [0.15, 0.2) is 23.0 Å². The first-order chi connectivity index (χ1) is 9.73. The minimum absolute atomic E-state index is 0.167. The van der Waals surface area contributed by atoms with E-state index in [-0.39, 0.29) is 11.3 Å². The van der Waals surface area contributed by atoms with Crippen molar-refractivity contribution >= 4 is 5.78 Å². The highest BCUT2D eigenvalue weighted by Crippen LogP contribution is 2.24. The highest BCUT2D eigenvalue weighted by molar-refractivity contribution is 5.96. The fraction of sp³-hybridized carbons (Fsp3) is 0.294. The van der Waals surface area contributed by atoms with E-state index in [4.69, 9.17) is 0 Å². The molecule has 21 heavy (non-hydrogen) atoms. The topological polar surface area (TPSA) is 59.3 Å². The molecule has 0 aliphatic rings. The molecule has 2 rings (SSSR count). The fourth-order valence-corrected chi connectivity index (χ4v) is 2.85. The smallest absolute Gasteiger partial charge is 0.269 e. The molecule has 0 unspecified atom stereocenters. The zero-order chi connectivity index (χ0) is 15.9. The molecule has 0 aliphatic carbocycles. The molecule has 1 N–H and O–H groups in total. The van der Waals surface area contributed by atoms with Gasteiger partial charge >= 0.3 is 0 Å². The molecule has 110 valence electrons. The molecule has 0 atom stereocenters. The first kappa shape index (κ1) is 15.0. The molecule has 1 aromatic carbocycles. The lowest BCUT2D eigenvalue weighted by Crippen LogP contribution is -2.27. The molecule has 0 aliphatic heterocycles. The molecule has 0 amide bonds. The molecular weight excluding hydrogens is 266 g/mol. The van der Waals surface area contributed by atoms with Crippen LogP contribution >= 0.6 is 0 Å². The van der Waals surface area contributed by atoms with Crippen molar-refractivity contribution in [2.45, 2.75) is 34.6 Å². The molecule has 0 saturated heterocycles. The summed E-state index contributed by atoms with van der Waals surface area (Å²) in [6.07, 6.45) is 0. The summed E-state index contributed by atoms with van der Waals surface area (Å²) in [6, 6.07) is 5.44. The largest absolute Gasteiger partial charge is 0.507 e. The zero-order valence-corrected chi connectivity index (χ0v) is 12.9. The number of hydrogen-bond acceptors (Lipinski definition) is 3. The Balaban J connectivity index is 2.92. The van der Waals surface area contributed by atoms with Crippen molar-refractivity contribution in [3.63, 3.8) is 0 Å². The average Bonchev–Trinajstić information content (AvgIpc) is 2.30. The van der Waals surface area contributed by atoms with E-state index in [1.165, 1.54) is 17.6 Å². The van der Waals surface area contributed by atoms with Gasteiger partial charge in [0.15, 0.2) is 5.78 Å². The molecular formula is C17H19NO3. The number of aromatic hydroxyl groups is 1. The second-order valence-electron chi connectivity index (χ2n) is 5.49. The van der Waals surface area contributed by atoms with Crippen molar-refractivity contribution < 1.29 is 9.90 Å². The van der Waals surface area contributed by atoms with Gasteiger partial charge in [0.2, 0.25) is 0 Å². The van der Waals surface area contributed by atoms with Crippen molar-refractivity contribution in [1.29, 1.82) is 0 Å². The van der Waals surface area contributed by atoms with Crippen molar-refractivity contribution in [2.24, 2.45) is 0 Å². The van der Waals surface area contributed by atoms with Crippen molar-refractivity contribution in [2.75, 3.05) is 0 Å². The number of hydrogen-bond donors (Lipinski definition) is 1. The summed E-state index contributed by atoms with van der Waals surface area (Å²) in [5.41, 5.74) is 3.75. The van der Waals surface area contributed by atoms with E-state index in [1.54, 1.807) is 6.92 Å². The van der Waals surface area contributed by atoms with Crippen LogP contribution in [0, 0.1) is 27.7 Å². The second kappa shape index (κ2) is 5.20. The van der Waals surface area contributed by atoms with Gasteiger partial charge in [-0.25, -0.2) is 0 Å². The minimum Gasteiger partial charge on any atom is -0.507 e. The standard InChI is InChI=1S/C17H19NO3/c1-9-6-10(2)16(11(3)7-9)18-12(4)8-14(20)15(13(5)19)17(18)21/h6-8,20H,1-5H3. The summed E-state index contributed by atoms with van der Waals surface area (Å²) in [5.74, 6) is -0.697. The van der Waals surface area contributed by atoms with Gasteiger partial charge in [-0.1, -0.05) is 17.7 Å². The van der Waals surface area contributed by atoms with Crippen LogP contribution in [0.2, 0.25) is 0 Å². The maximum Gasteiger partial charge on any atom is 0.269 e. The Morgan fingerprint density at radius 2 is 1.57 bits per heavy atom. The molecule has 1 heterocycles. The average molecular weight is 285 g/mol. The van der Waals surface area contributed by atoms with Gasteiger partial charge in [0.1, 0.15) is 11.3 Å². The Morgan fingerprint density at radius 1 is 1.05 bits per heavy atom. The Labute approximate surface area is 123 Å². The predicted molar refractivity (Wildman–Crippen MR) is 82.7 cm³/mol. The maximum atomic E-state index is 12.6. The van der Waals surface area contributed by atoms with Crippen LogP contribution < -0.4 is 5.56 Å². The van der Waals surface area contributed by atoms with E-state index < -0.39 is 11.3 Å². The van der Waals surface area contributed by atoms with Crippen molar-refractivity contribution in [3.05, 3.63) is 56.5 Å². The van der Waals surface area contributed by atoms with E-state index >= 15 is 0 Å². The molecule has 0 fully saturated rings. The van der Waals surface area contributed by atoms with E-state index in [1.807, 2.05) is 32.9 Å². The van der Waals surface area contributed by atoms with Crippen molar-refractivity contribution in [3.8, 4) is 11.4 Å². The highest BCUT2D eigenvalue weighted by Gasteiger charge is 2.19. The summed E-state index contributed by atoms with van der Waals surface area (Å²) in [6.45, 7) is 8.88. The van der Waals surface area contributed by atoms with E-state index in [9.17, 15) is 14.7 Å². The Morgan fingerprint density at radius 3 is 2.05 bits per heavy atom. The number of pyridine rings is 1. The van der Waals surface area contributed by atoms with Gasteiger partial charge in [0.25, 0.3) is 5.56 Å². The third kappa shape index (κ3) is 2.49. The van der Waals surface area contributed by atoms with Crippen LogP contribution in [0.25, 0.3) is 5.69 Å². The number of aromatic nitrogens is 1. The molecule has 2 aromatic rings. The van der Waals surface area contributed by atoms with E-state index in [2.05, 4.69) is 0 Å². The van der Waals surface area contributed by atoms with Crippen LogP contribution in [-0.4, -0.2) is 15.5 Å². The number of carbonyl (C=O) groups excluding carboxylic acids is 1. The van der Waals surface area contributed by atoms with Crippen LogP contribution in [0.1, 0.15) is 39.7 Å². The number of Topliss-reactive ketones (excluding diaryl/α,β-unsaturated/α-hetero) is 1. The summed E-state index contributed by atoms with van der Waals surface area (Å²) >= 11 is 0. The van der Waals surface area contributed by atoms with E-state index in [0.717, 1.165) is 22.4 Å². The monoisotopic (exact) mass is 285 g/mol. The summed E-state index contributed by atoms with van der Waals surface area (Å²) in [7, 11) is 0. The van der Waals surface area contributed by atoms with Gasteiger partial charge in [0, 0.05) is 11.8 Å². The van der Waals surface area contributed by atoms with Gasteiger partial charge in [0.05, 0.1) is 5.69 Å². The number of ketones is 1. The number of benzene rings is 1. The minimum atomic E-state index is -0.477. The molecule has 0 bridgehead atoms. The summed E-state index contributed by atoms with van der Waals surface area (Å²) in [5, 5.41) is 9.86. The fourth-order valence-electron chi connectivity index (χ4n) is 2.85. The maximum absolute atomic E-state index is 12.6. The summed E-state index contributed by atoms with van der Waals surface area (Å²) < 4.78 is 1.50.